The van der Waals surface area contributed by atoms with E-state index in [0.29, 0.717) is 6.42 Å². The summed E-state index contributed by atoms with van der Waals surface area (Å²) >= 11 is 3.40. The van der Waals surface area contributed by atoms with Crippen LogP contribution in [-0.4, -0.2) is 49.3 Å². The van der Waals surface area contributed by atoms with Crippen molar-refractivity contribution in [3.8, 4) is 0 Å². The van der Waals surface area contributed by atoms with E-state index >= 15 is 0 Å². The Morgan fingerprint density at radius 1 is 1.53 bits per heavy atom. The van der Waals surface area contributed by atoms with Crippen LogP contribution in [0.15, 0.2) is 22.7 Å². The van der Waals surface area contributed by atoms with E-state index < -0.39 is 6.10 Å². The number of hydrogen-bond acceptors (Lipinski definition) is 3. The maximum Gasteiger partial charge on any atom is 0.226 e. The Bertz CT molecular complexity index is 437. The molecule has 0 spiro atoms. The first-order chi connectivity index (χ1) is 8.93. The third-order valence-corrected chi connectivity index (χ3v) is 3.41. The summed E-state index contributed by atoms with van der Waals surface area (Å²) < 4.78 is 5.85. The first-order valence-corrected chi connectivity index (χ1v) is 6.89. The molecule has 0 saturated carbocycles. The molecule has 19 heavy (non-hydrogen) atoms. The van der Waals surface area contributed by atoms with Crippen LogP contribution in [0.1, 0.15) is 11.1 Å². The van der Waals surface area contributed by atoms with E-state index in [1.165, 1.54) is 12.0 Å². The number of nitrogens with zero attached hydrogens (tertiary/aromatic N) is 1. The van der Waals surface area contributed by atoms with E-state index in [1.54, 1.807) is 7.05 Å². The zero-order valence-corrected chi connectivity index (χ0v) is 13.1. The molecule has 1 aromatic carbocycles. The number of halogens is 1. The number of rotatable bonds is 6. The number of likely N-dealkylation sites (N-methyl/N-ethyl adjacent to an activating group) is 1. The van der Waals surface area contributed by atoms with Gasteiger partial charge in [-0.05, 0) is 30.2 Å². The minimum atomic E-state index is -0.648. The van der Waals surface area contributed by atoms with E-state index in [4.69, 9.17) is 4.74 Å². The van der Waals surface area contributed by atoms with Crippen molar-refractivity contribution in [1.29, 1.82) is 0 Å². The maximum atomic E-state index is 12.1. The van der Waals surface area contributed by atoms with Crippen LogP contribution in [0.4, 0.5) is 0 Å². The van der Waals surface area contributed by atoms with Gasteiger partial charge in [-0.3, -0.25) is 4.79 Å². The Hall–Kier alpha value is -0.910. The monoisotopic (exact) mass is 329 g/mol. The van der Waals surface area contributed by atoms with Crippen LogP contribution in [0.5, 0.6) is 0 Å². The Balaban J connectivity index is 2.58. The first-order valence-electron chi connectivity index (χ1n) is 6.10. The molecule has 0 saturated heterocycles. The van der Waals surface area contributed by atoms with Gasteiger partial charge in [0, 0.05) is 25.2 Å². The van der Waals surface area contributed by atoms with Crippen molar-refractivity contribution in [3.63, 3.8) is 0 Å². The quantitative estimate of drug-likeness (QED) is 0.865. The van der Waals surface area contributed by atoms with Gasteiger partial charge < -0.3 is 14.7 Å². The van der Waals surface area contributed by atoms with Crippen LogP contribution in [0, 0.1) is 6.92 Å². The summed E-state index contributed by atoms with van der Waals surface area (Å²) in [5.41, 5.74) is 2.08. The summed E-state index contributed by atoms with van der Waals surface area (Å²) in [6.45, 7) is 2.49. The number of aliphatic hydroxyl groups excluding tert-OH is 1. The van der Waals surface area contributed by atoms with Gasteiger partial charge in [-0.25, -0.2) is 0 Å². The van der Waals surface area contributed by atoms with Crippen LogP contribution in [-0.2, 0) is 16.0 Å². The van der Waals surface area contributed by atoms with Crippen molar-refractivity contribution in [3.05, 3.63) is 33.8 Å². The van der Waals surface area contributed by atoms with Gasteiger partial charge in [0.25, 0.3) is 0 Å². The van der Waals surface area contributed by atoms with Gasteiger partial charge in [-0.2, -0.15) is 0 Å². The molecule has 0 aliphatic carbocycles. The van der Waals surface area contributed by atoms with E-state index in [1.807, 2.05) is 25.1 Å². The number of carbonyl (C=O) groups is 1. The molecule has 1 atom stereocenters. The highest BCUT2D eigenvalue weighted by molar-refractivity contribution is 9.10. The fourth-order valence-electron chi connectivity index (χ4n) is 1.82. The Labute approximate surface area is 122 Å². The van der Waals surface area contributed by atoms with Crippen molar-refractivity contribution >= 4 is 21.8 Å². The molecular weight excluding hydrogens is 310 g/mol. The standard InChI is InChI=1S/C14H20BrNO3/c1-10-6-12(15)5-4-11(10)7-14(18)16(2)8-13(17)9-19-3/h4-6,13,17H,7-9H2,1-3H3/t13-/m1/s1. The SMILES string of the molecule is COC[C@H](O)CN(C)C(=O)Cc1ccc(Br)cc1C. The highest BCUT2D eigenvalue weighted by atomic mass is 79.9. The van der Waals surface area contributed by atoms with E-state index in [9.17, 15) is 9.90 Å². The van der Waals surface area contributed by atoms with Crippen molar-refractivity contribution in [1.82, 2.24) is 4.90 Å². The fraction of sp³-hybridized carbons (Fsp3) is 0.500. The minimum absolute atomic E-state index is 0.0134. The highest BCUT2D eigenvalue weighted by Gasteiger charge is 2.14. The third kappa shape index (κ3) is 5.30. The predicted molar refractivity (Wildman–Crippen MR) is 78.1 cm³/mol. The predicted octanol–water partition coefficient (Wildman–Crippen LogP) is 1.77. The van der Waals surface area contributed by atoms with E-state index in [-0.39, 0.29) is 19.1 Å². The number of amides is 1. The number of hydrogen-bond donors (Lipinski definition) is 1. The smallest absolute Gasteiger partial charge is 0.226 e. The molecule has 0 aliphatic rings. The average Bonchev–Trinajstić information content (AvgIpc) is 2.32. The Morgan fingerprint density at radius 2 is 2.21 bits per heavy atom. The van der Waals surface area contributed by atoms with Crippen LogP contribution in [0.2, 0.25) is 0 Å². The first kappa shape index (κ1) is 16.1. The molecule has 1 rings (SSSR count). The fourth-order valence-corrected chi connectivity index (χ4v) is 2.29. The van der Waals surface area contributed by atoms with E-state index in [2.05, 4.69) is 15.9 Å². The average molecular weight is 330 g/mol. The van der Waals surface area contributed by atoms with Gasteiger partial charge in [0.15, 0.2) is 0 Å². The molecule has 0 radical (unpaired) electrons. The van der Waals surface area contributed by atoms with Gasteiger partial charge >= 0.3 is 0 Å². The number of methoxy groups -OCH3 is 1. The second-order valence-corrected chi connectivity index (χ2v) is 5.55. The van der Waals surface area contributed by atoms with Gasteiger partial charge in [0.2, 0.25) is 5.91 Å². The molecular formula is C14H20BrNO3. The van der Waals surface area contributed by atoms with Crippen LogP contribution in [0.3, 0.4) is 0 Å². The van der Waals surface area contributed by atoms with Gasteiger partial charge in [-0.1, -0.05) is 22.0 Å². The number of ether oxygens (including phenoxy) is 1. The molecule has 0 aromatic heterocycles. The second kappa shape index (κ2) is 7.62. The highest BCUT2D eigenvalue weighted by Crippen LogP contribution is 2.16. The van der Waals surface area contributed by atoms with Crippen molar-refractivity contribution in [2.24, 2.45) is 0 Å². The molecule has 4 nitrogen and oxygen atoms in total. The van der Waals surface area contributed by atoms with Crippen LogP contribution in [0.25, 0.3) is 0 Å². The Morgan fingerprint density at radius 3 is 2.79 bits per heavy atom. The minimum Gasteiger partial charge on any atom is -0.389 e. The normalized spacial score (nSPS) is 12.3. The molecule has 1 N–H and O–H groups in total. The topological polar surface area (TPSA) is 49.8 Å². The van der Waals surface area contributed by atoms with Gasteiger partial charge in [0.05, 0.1) is 19.1 Å². The molecule has 0 unspecified atom stereocenters. The molecule has 0 fully saturated rings. The largest absolute Gasteiger partial charge is 0.389 e. The summed E-state index contributed by atoms with van der Waals surface area (Å²) in [5, 5.41) is 9.60. The van der Waals surface area contributed by atoms with Crippen LogP contribution < -0.4 is 0 Å². The zero-order valence-electron chi connectivity index (χ0n) is 11.5. The lowest BCUT2D eigenvalue weighted by Crippen LogP contribution is -2.37. The Kier molecular flexibility index (Phi) is 6.48. The lowest BCUT2D eigenvalue weighted by atomic mass is 10.1. The van der Waals surface area contributed by atoms with Crippen LogP contribution >= 0.6 is 15.9 Å². The maximum absolute atomic E-state index is 12.1. The molecule has 5 heteroatoms. The number of aliphatic hydroxyl groups is 1. The third-order valence-electron chi connectivity index (χ3n) is 2.92. The second-order valence-electron chi connectivity index (χ2n) is 4.63. The van der Waals surface area contributed by atoms with Crippen molar-refractivity contribution in [2.75, 3.05) is 27.3 Å². The lowest BCUT2D eigenvalue weighted by molar-refractivity contribution is -0.130. The zero-order chi connectivity index (χ0) is 14.4. The molecule has 1 amide bonds. The molecule has 0 aliphatic heterocycles. The molecule has 0 heterocycles. The lowest BCUT2D eigenvalue weighted by Gasteiger charge is -2.21. The molecule has 1 aromatic rings. The summed E-state index contributed by atoms with van der Waals surface area (Å²) in [4.78, 5) is 13.6. The summed E-state index contributed by atoms with van der Waals surface area (Å²) in [6.07, 6.45) is -0.306. The van der Waals surface area contributed by atoms with E-state index in [0.717, 1.165) is 15.6 Å². The molecule has 0 bridgehead atoms. The number of carbonyl (C=O) groups excluding carboxylic acids is 1. The number of benzene rings is 1. The summed E-state index contributed by atoms with van der Waals surface area (Å²) in [5.74, 6) is -0.0134. The van der Waals surface area contributed by atoms with Gasteiger partial charge in [-0.15, -0.1) is 0 Å². The van der Waals surface area contributed by atoms with Crippen molar-refractivity contribution in [2.45, 2.75) is 19.4 Å². The summed E-state index contributed by atoms with van der Waals surface area (Å²) in [6, 6.07) is 5.86. The van der Waals surface area contributed by atoms with Gasteiger partial charge in [0.1, 0.15) is 0 Å². The molecule has 106 valence electrons. The number of aryl methyl sites for hydroxylation is 1. The van der Waals surface area contributed by atoms with Crippen molar-refractivity contribution < 1.29 is 14.6 Å². The summed E-state index contributed by atoms with van der Waals surface area (Å²) in [7, 11) is 3.21.